The van der Waals surface area contributed by atoms with Crippen LogP contribution >= 0.6 is 15.9 Å². The summed E-state index contributed by atoms with van der Waals surface area (Å²) in [5.74, 6) is -0.765. The number of aromatic nitrogens is 1. The van der Waals surface area contributed by atoms with Gasteiger partial charge in [-0.3, -0.25) is 0 Å². The van der Waals surface area contributed by atoms with Gasteiger partial charge in [0.05, 0.1) is 21.1 Å². The molecule has 0 bridgehead atoms. The molecule has 0 amide bonds. The van der Waals surface area contributed by atoms with Gasteiger partial charge < -0.3 is 14.6 Å². The van der Waals surface area contributed by atoms with E-state index in [0.29, 0.717) is 10.9 Å². The first-order valence-corrected chi connectivity index (χ1v) is 6.88. The summed E-state index contributed by atoms with van der Waals surface area (Å²) in [7, 11) is 5.72. The van der Waals surface area contributed by atoms with Gasteiger partial charge in [-0.15, -0.1) is 0 Å². The van der Waals surface area contributed by atoms with Crippen molar-refractivity contribution in [2.45, 2.75) is 12.5 Å². The Morgan fingerprint density at radius 1 is 1.42 bits per heavy atom. The molecule has 19 heavy (non-hydrogen) atoms. The van der Waals surface area contributed by atoms with Crippen molar-refractivity contribution in [2.24, 2.45) is 0 Å². The van der Waals surface area contributed by atoms with Crippen molar-refractivity contribution in [2.75, 3.05) is 21.1 Å². The molecule has 0 saturated carbocycles. The van der Waals surface area contributed by atoms with E-state index < -0.39 is 12.0 Å². The fraction of sp³-hybridized carbons (Fsp3) is 0.357. The number of aromatic amines is 1. The number of fused-ring (bicyclic) bond motifs is 1. The van der Waals surface area contributed by atoms with Crippen LogP contribution in [0.3, 0.4) is 0 Å². The number of aliphatic carboxylic acids is 1. The molecule has 0 aliphatic heterocycles. The van der Waals surface area contributed by atoms with Gasteiger partial charge in [0.1, 0.15) is 0 Å². The number of carboxylic acid groups (broad SMARTS) is 1. The highest BCUT2D eigenvalue weighted by Crippen LogP contribution is 2.24. The number of halogens is 1. The minimum atomic E-state index is -0.765. The Hall–Kier alpha value is -1.33. The van der Waals surface area contributed by atoms with Gasteiger partial charge in [0.15, 0.2) is 6.04 Å². The lowest BCUT2D eigenvalue weighted by molar-refractivity contribution is -0.887. The number of nitrogens with one attached hydrogen (secondary N) is 1. The van der Waals surface area contributed by atoms with Gasteiger partial charge >= 0.3 is 5.97 Å². The summed E-state index contributed by atoms with van der Waals surface area (Å²) in [5, 5.41) is 10.5. The topological polar surface area (TPSA) is 53.1 Å². The molecule has 0 radical (unpaired) electrons. The van der Waals surface area contributed by atoms with Crippen LogP contribution in [-0.4, -0.2) is 47.7 Å². The van der Waals surface area contributed by atoms with Crippen molar-refractivity contribution in [3.63, 3.8) is 0 Å². The first-order chi connectivity index (χ1) is 8.79. The minimum absolute atomic E-state index is 0.401. The van der Waals surface area contributed by atoms with Crippen molar-refractivity contribution >= 4 is 32.8 Å². The molecule has 2 aromatic rings. The predicted octanol–water partition coefficient (Wildman–Crippen LogP) is 2.63. The summed E-state index contributed by atoms with van der Waals surface area (Å²) in [6, 6.07) is 5.53. The number of hydrogen-bond donors (Lipinski definition) is 2. The van der Waals surface area contributed by atoms with Crippen LogP contribution in [0.2, 0.25) is 0 Å². The van der Waals surface area contributed by atoms with Crippen molar-refractivity contribution in [1.29, 1.82) is 0 Å². The van der Waals surface area contributed by atoms with E-state index in [-0.39, 0.29) is 0 Å². The molecule has 0 spiro atoms. The van der Waals surface area contributed by atoms with E-state index in [2.05, 4.69) is 20.9 Å². The zero-order chi connectivity index (χ0) is 14.2. The summed E-state index contributed by atoms with van der Waals surface area (Å²) < 4.78 is 1.41. The molecule has 1 heterocycles. The largest absolute Gasteiger partial charge is 0.477 e. The van der Waals surface area contributed by atoms with Crippen LogP contribution in [-0.2, 0) is 11.2 Å². The fourth-order valence-corrected chi connectivity index (χ4v) is 2.59. The predicted molar refractivity (Wildman–Crippen MR) is 79.2 cm³/mol. The molecule has 102 valence electrons. The second kappa shape index (κ2) is 4.98. The van der Waals surface area contributed by atoms with E-state index in [1.165, 1.54) is 0 Å². The van der Waals surface area contributed by atoms with Gasteiger partial charge in [0.2, 0.25) is 0 Å². The number of H-pyrrole nitrogens is 1. The maximum atomic E-state index is 11.4. The van der Waals surface area contributed by atoms with Crippen molar-refractivity contribution in [3.05, 3.63) is 34.4 Å². The molecular formula is C14H18BrN2O2+. The number of hydrogen-bond acceptors (Lipinski definition) is 1. The Kier molecular flexibility index (Phi) is 3.69. The molecule has 1 atom stereocenters. The molecule has 0 saturated heterocycles. The van der Waals surface area contributed by atoms with Crippen molar-refractivity contribution in [3.8, 4) is 0 Å². The van der Waals surface area contributed by atoms with E-state index >= 15 is 0 Å². The molecule has 1 aromatic carbocycles. The number of quaternary nitrogens is 1. The monoisotopic (exact) mass is 325 g/mol. The van der Waals surface area contributed by atoms with Crippen LogP contribution in [0.4, 0.5) is 0 Å². The van der Waals surface area contributed by atoms with E-state index in [0.717, 1.165) is 20.9 Å². The average Bonchev–Trinajstić information content (AvgIpc) is 2.66. The Morgan fingerprint density at radius 3 is 2.68 bits per heavy atom. The van der Waals surface area contributed by atoms with Crippen molar-refractivity contribution < 1.29 is 14.4 Å². The summed E-state index contributed by atoms with van der Waals surface area (Å²) in [6.45, 7) is 0. The van der Waals surface area contributed by atoms with Crippen LogP contribution in [0.5, 0.6) is 0 Å². The van der Waals surface area contributed by atoms with Gasteiger partial charge in [-0.05, 0) is 17.7 Å². The highest BCUT2D eigenvalue weighted by Gasteiger charge is 2.32. The summed E-state index contributed by atoms with van der Waals surface area (Å²) in [5.41, 5.74) is 2.07. The number of likely N-dealkylation sites (N-methyl/N-ethyl adjacent to an activating group) is 1. The normalized spacial score (nSPS) is 13.7. The van der Waals surface area contributed by atoms with Crippen LogP contribution in [0, 0.1) is 0 Å². The van der Waals surface area contributed by atoms with E-state index in [9.17, 15) is 9.90 Å². The molecule has 2 rings (SSSR count). The van der Waals surface area contributed by atoms with E-state index in [1.807, 2.05) is 45.5 Å². The SMILES string of the molecule is C[N+](C)(C)C(Cc1c[nH]c2cc(Br)ccc12)C(=O)O. The summed E-state index contributed by atoms with van der Waals surface area (Å²) in [6.07, 6.45) is 2.42. The van der Waals surface area contributed by atoms with Crippen molar-refractivity contribution in [1.82, 2.24) is 4.98 Å². The Bertz CT molecular complexity index is 613. The second-order valence-electron chi connectivity index (χ2n) is 5.68. The minimum Gasteiger partial charge on any atom is -0.477 e. The number of carbonyl (C=O) groups is 1. The van der Waals surface area contributed by atoms with Crippen LogP contribution in [0.1, 0.15) is 5.56 Å². The maximum Gasteiger partial charge on any atom is 0.362 e. The third kappa shape index (κ3) is 2.98. The lowest BCUT2D eigenvalue weighted by Crippen LogP contribution is -2.51. The molecule has 2 N–H and O–H groups in total. The summed E-state index contributed by atoms with van der Waals surface area (Å²) in [4.78, 5) is 14.6. The maximum absolute atomic E-state index is 11.4. The highest BCUT2D eigenvalue weighted by molar-refractivity contribution is 9.10. The molecule has 0 fully saturated rings. The molecule has 1 aromatic heterocycles. The van der Waals surface area contributed by atoms with E-state index in [4.69, 9.17) is 0 Å². The van der Waals surface area contributed by atoms with Crippen LogP contribution in [0.15, 0.2) is 28.9 Å². The quantitative estimate of drug-likeness (QED) is 0.849. The first kappa shape index (κ1) is 14.1. The lowest BCUT2D eigenvalue weighted by Gasteiger charge is -2.31. The molecule has 0 aliphatic carbocycles. The molecule has 1 unspecified atom stereocenters. The standard InChI is InChI=1S/C14H17BrN2O2/c1-17(2,3)13(14(18)19)6-9-8-16-12-7-10(15)4-5-11(9)12/h4-5,7-8,13,16H,6H2,1-3H3/p+1. The third-order valence-corrected chi connectivity index (χ3v) is 3.86. The number of nitrogens with zero attached hydrogens (tertiary/aromatic N) is 1. The zero-order valence-corrected chi connectivity index (χ0v) is 12.9. The Balaban J connectivity index is 2.37. The van der Waals surface area contributed by atoms with Gasteiger partial charge in [0, 0.05) is 28.0 Å². The van der Waals surface area contributed by atoms with Gasteiger partial charge in [0.25, 0.3) is 0 Å². The summed E-state index contributed by atoms with van der Waals surface area (Å²) >= 11 is 3.43. The molecule has 0 aliphatic rings. The number of carboxylic acids is 1. The Morgan fingerprint density at radius 2 is 2.11 bits per heavy atom. The highest BCUT2D eigenvalue weighted by atomic mass is 79.9. The fourth-order valence-electron chi connectivity index (χ4n) is 2.23. The van der Waals surface area contributed by atoms with Gasteiger partial charge in [-0.1, -0.05) is 22.0 Å². The number of rotatable bonds is 4. The lowest BCUT2D eigenvalue weighted by atomic mass is 10.0. The molecule has 4 nitrogen and oxygen atoms in total. The zero-order valence-electron chi connectivity index (χ0n) is 11.3. The van der Waals surface area contributed by atoms with Crippen LogP contribution in [0.25, 0.3) is 10.9 Å². The average molecular weight is 326 g/mol. The Labute approximate surface area is 120 Å². The van der Waals surface area contributed by atoms with Crippen LogP contribution < -0.4 is 0 Å². The smallest absolute Gasteiger partial charge is 0.362 e. The third-order valence-electron chi connectivity index (χ3n) is 3.36. The molecule has 5 heteroatoms. The van der Waals surface area contributed by atoms with E-state index in [1.54, 1.807) is 0 Å². The van der Waals surface area contributed by atoms with Gasteiger partial charge in [-0.2, -0.15) is 0 Å². The molecular weight excluding hydrogens is 308 g/mol. The van der Waals surface area contributed by atoms with Gasteiger partial charge in [-0.25, -0.2) is 4.79 Å². The second-order valence-corrected chi connectivity index (χ2v) is 6.59. The first-order valence-electron chi connectivity index (χ1n) is 6.08. The number of benzene rings is 1.